The lowest BCUT2D eigenvalue weighted by atomic mass is 10.3. The fourth-order valence-electron chi connectivity index (χ4n) is 1.50. The average molecular weight is 204 g/mol. The molecule has 4 N–H and O–H groups in total. The molecule has 0 fully saturated rings. The van der Waals surface area contributed by atoms with E-state index in [-0.39, 0.29) is 0 Å². The van der Waals surface area contributed by atoms with Crippen LogP contribution in [0.4, 0.5) is 10.5 Å². The Kier molecular flexibility index (Phi) is 2.31. The summed E-state index contributed by atoms with van der Waals surface area (Å²) in [6.07, 6.45) is 2.73. The van der Waals surface area contributed by atoms with Gasteiger partial charge in [0.2, 0.25) is 0 Å². The Labute approximate surface area is 87.6 Å². The maximum absolute atomic E-state index is 11.0. The van der Waals surface area contributed by atoms with Gasteiger partial charge < -0.3 is 10.6 Å². The molecule has 1 aliphatic heterocycles. The van der Waals surface area contributed by atoms with Gasteiger partial charge in [0.25, 0.3) is 0 Å². The second-order valence-corrected chi connectivity index (χ2v) is 3.20. The highest BCUT2D eigenvalue weighted by atomic mass is 16.2. The van der Waals surface area contributed by atoms with Gasteiger partial charge in [0.05, 0.1) is 0 Å². The van der Waals surface area contributed by atoms with Gasteiger partial charge in [-0.3, -0.25) is 10.6 Å². The number of amides is 2. The van der Waals surface area contributed by atoms with Crippen LogP contribution in [-0.4, -0.2) is 17.2 Å². The molecule has 15 heavy (non-hydrogen) atoms. The van der Waals surface area contributed by atoms with Gasteiger partial charge in [0.1, 0.15) is 0 Å². The summed E-state index contributed by atoms with van der Waals surface area (Å²) < 4.78 is 0. The molecule has 2 amide bonds. The number of primary amides is 1. The molecule has 1 aliphatic rings. The van der Waals surface area contributed by atoms with Crippen molar-refractivity contribution in [3.63, 3.8) is 0 Å². The van der Waals surface area contributed by atoms with E-state index in [4.69, 9.17) is 11.5 Å². The highest BCUT2D eigenvalue weighted by Gasteiger charge is 2.26. The van der Waals surface area contributed by atoms with Crippen LogP contribution in [0.5, 0.6) is 0 Å². The largest absolute Gasteiger partial charge is 0.351 e. The van der Waals surface area contributed by atoms with Crippen LogP contribution < -0.4 is 16.4 Å². The summed E-state index contributed by atoms with van der Waals surface area (Å²) in [4.78, 5) is 14.0. The Bertz CT molecular complexity index is 390. The van der Waals surface area contributed by atoms with Gasteiger partial charge >= 0.3 is 6.03 Å². The molecule has 78 valence electrons. The first kappa shape index (κ1) is 9.54. The molecule has 1 aromatic carbocycles. The zero-order valence-corrected chi connectivity index (χ0v) is 8.08. The lowest BCUT2D eigenvalue weighted by Crippen LogP contribution is -2.50. The number of anilines is 1. The number of nitrogens with two attached hydrogens (primary N) is 2. The molecule has 0 aromatic heterocycles. The fraction of sp³-hybridized carbons (Fsp3) is 0.100. The van der Waals surface area contributed by atoms with Crippen LogP contribution in [0.3, 0.4) is 0 Å². The molecule has 0 spiro atoms. The van der Waals surface area contributed by atoms with Crippen molar-refractivity contribution >= 4 is 11.7 Å². The minimum absolute atomic E-state index is 0.558. The van der Waals surface area contributed by atoms with Gasteiger partial charge in [-0.1, -0.05) is 18.2 Å². The SMILES string of the molecule is NC(=O)N1C=CN(c2ccccc2)C1N. The van der Waals surface area contributed by atoms with Crippen molar-refractivity contribution in [3.8, 4) is 0 Å². The van der Waals surface area contributed by atoms with Crippen molar-refractivity contribution < 1.29 is 4.79 Å². The van der Waals surface area contributed by atoms with Crippen LogP contribution in [0, 0.1) is 0 Å². The monoisotopic (exact) mass is 204 g/mol. The first-order valence-corrected chi connectivity index (χ1v) is 4.55. The smallest absolute Gasteiger partial charge is 0.321 e. The van der Waals surface area contributed by atoms with Crippen LogP contribution in [0.2, 0.25) is 0 Å². The standard InChI is InChI=1S/C10H12N4O/c11-9-13(6-7-14(9)10(12)15)8-4-2-1-3-5-8/h1-7,9H,11H2,(H2,12,15). The van der Waals surface area contributed by atoms with Gasteiger partial charge in [-0.15, -0.1) is 0 Å². The van der Waals surface area contributed by atoms with Crippen LogP contribution in [0.15, 0.2) is 42.7 Å². The van der Waals surface area contributed by atoms with Gasteiger partial charge in [-0.05, 0) is 12.1 Å². The average Bonchev–Trinajstić information content (AvgIpc) is 2.61. The number of rotatable bonds is 1. The van der Waals surface area contributed by atoms with Crippen molar-refractivity contribution in [2.75, 3.05) is 4.90 Å². The molecule has 1 atom stereocenters. The van der Waals surface area contributed by atoms with E-state index in [0.29, 0.717) is 0 Å². The molecule has 0 aliphatic carbocycles. The van der Waals surface area contributed by atoms with Gasteiger partial charge in [0.15, 0.2) is 6.29 Å². The van der Waals surface area contributed by atoms with Crippen LogP contribution in [-0.2, 0) is 0 Å². The topological polar surface area (TPSA) is 75.6 Å². The predicted octanol–water partition coefficient (Wildman–Crippen LogP) is 0.601. The van der Waals surface area contributed by atoms with E-state index in [1.165, 1.54) is 4.90 Å². The summed E-state index contributed by atoms with van der Waals surface area (Å²) >= 11 is 0. The zero-order valence-electron chi connectivity index (χ0n) is 8.08. The van der Waals surface area contributed by atoms with E-state index >= 15 is 0 Å². The third-order valence-corrected chi connectivity index (χ3v) is 2.27. The minimum Gasteiger partial charge on any atom is -0.351 e. The number of urea groups is 1. The van der Waals surface area contributed by atoms with Gasteiger partial charge in [-0.25, -0.2) is 4.79 Å². The lowest BCUT2D eigenvalue weighted by Gasteiger charge is -2.26. The zero-order chi connectivity index (χ0) is 10.8. The number of nitrogens with zero attached hydrogens (tertiary/aromatic N) is 2. The first-order valence-electron chi connectivity index (χ1n) is 4.55. The van der Waals surface area contributed by atoms with Crippen molar-refractivity contribution in [1.82, 2.24) is 4.90 Å². The maximum Gasteiger partial charge on any atom is 0.321 e. The summed E-state index contributed by atoms with van der Waals surface area (Å²) in [5.74, 6) is 0. The Morgan fingerprint density at radius 2 is 1.87 bits per heavy atom. The molecule has 0 radical (unpaired) electrons. The van der Waals surface area contributed by atoms with E-state index in [9.17, 15) is 4.79 Å². The molecule has 2 rings (SSSR count). The van der Waals surface area contributed by atoms with E-state index < -0.39 is 12.3 Å². The molecule has 5 heteroatoms. The number of hydrogen-bond acceptors (Lipinski definition) is 3. The Morgan fingerprint density at radius 3 is 2.40 bits per heavy atom. The molecule has 0 saturated heterocycles. The van der Waals surface area contributed by atoms with E-state index in [2.05, 4.69) is 0 Å². The van der Waals surface area contributed by atoms with Crippen LogP contribution in [0.25, 0.3) is 0 Å². The summed E-state index contributed by atoms with van der Waals surface area (Å²) in [5, 5.41) is 0. The molecule has 0 bridgehead atoms. The second-order valence-electron chi connectivity index (χ2n) is 3.20. The van der Waals surface area contributed by atoms with Crippen molar-refractivity contribution in [2.45, 2.75) is 6.29 Å². The number of hydrogen-bond donors (Lipinski definition) is 2. The molecule has 1 unspecified atom stereocenters. The van der Waals surface area contributed by atoms with Crippen molar-refractivity contribution in [2.24, 2.45) is 11.5 Å². The number of carbonyl (C=O) groups is 1. The van der Waals surface area contributed by atoms with E-state index in [0.717, 1.165) is 5.69 Å². The first-order chi connectivity index (χ1) is 7.20. The Balaban J connectivity index is 2.22. The number of benzene rings is 1. The third kappa shape index (κ3) is 1.64. The highest BCUT2D eigenvalue weighted by Crippen LogP contribution is 2.21. The van der Waals surface area contributed by atoms with Crippen LogP contribution in [0.1, 0.15) is 0 Å². The quantitative estimate of drug-likeness (QED) is 0.703. The van der Waals surface area contributed by atoms with Crippen LogP contribution >= 0.6 is 0 Å². The van der Waals surface area contributed by atoms with Gasteiger partial charge in [-0.2, -0.15) is 0 Å². The minimum atomic E-state index is -0.565. The summed E-state index contributed by atoms with van der Waals surface area (Å²) in [6, 6.07) is 8.99. The number of carbonyl (C=O) groups excluding carboxylic acids is 1. The molecular formula is C10H12N4O. The van der Waals surface area contributed by atoms with Gasteiger partial charge in [0, 0.05) is 18.1 Å². The summed E-state index contributed by atoms with van der Waals surface area (Å²) in [6.45, 7) is 0. The molecule has 1 heterocycles. The predicted molar refractivity (Wildman–Crippen MR) is 57.5 cm³/mol. The molecule has 5 nitrogen and oxygen atoms in total. The molecular weight excluding hydrogens is 192 g/mol. The lowest BCUT2D eigenvalue weighted by molar-refractivity contribution is 0.215. The van der Waals surface area contributed by atoms with Crippen molar-refractivity contribution in [3.05, 3.63) is 42.7 Å². The normalized spacial score (nSPS) is 19.7. The fourth-order valence-corrected chi connectivity index (χ4v) is 1.50. The van der Waals surface area contributed by atoms with E-state index in [1.807, 2.05) is 30.3 Å². The molecule has 0 saturated carbocycles. The maximum atomic E-state index is 11.0. The summed E-state index contributed by atoms with van der Waals surface area (Å²) in [5.41, 5.74) is 11.9. The van der Waals surface area contributed by atoms with E-state index in [1.54, 1.807) is 17.3 Å². The van der Waals surface area contributed by atoms with Crippen molar-refractivity contribution in [1.29, 1.82) is 0 Å². The Hall–Kier alpha value is -2.01. The second kappa shape index (κ2) is 3.62. The highest BCUT2D eigenvalue weighted by molar-refractivity contribution is 5.75. The summed E-state index contributed by atoms with van der Waals surface area (Å²) in [7, 11) is 0. The number of para-hydroxylation sites is 1. The molecule has 1 aromatic rings. The Morgan fingerprint density at radius 1 is 1.20 bits per heavy atom. The third-order valence-electron chi connectivity index (χ3n) is 2.27.